The van der Waals surface area contributed by atoms with Crippen molar-refractivity contribution < 1.29 is 13.2 Å². The Labute approximate surface area is 114 Å². The molecule has 0 bridgehead atoms. The molecule has 19 heavy (non-hydrogen) atoms. The van der Waals surface area contributed by atoms with Crippen LogP contribution in [0, 0.1) is 6.92 Å². The van der Waals surface area contributed by atoms with Crippen LogP contribution in [-0.4, -0.2) is 27.2 Å². The highest BCUT2D eigenvalue weighted by atomic mass is 32.2. The van der Waals surface area contributed by atoms with E-state index in [0.717, 1.165) is 5.56 Å². The molecule has 1 unspecified atom stereocenters. The lowest BCUT2D eigenvalue weighted by Crippen LogP contribution is -2.46. The first-order valence-electron chi connectivity index (χ1n) is 6.28. The minimum Gasteiger partial charge on any atom is -0.379 e. The van der Waals surface area contributed by atoms with E-state index in [-0.39, 0.29) is 0 Å². The van der Waals surface area contributed by atoms with Crippen LogP contribution in [-0.2, 0) is 21.3 Å². The molecular formula is C13H20N2O3S. The Hall–Kier alpha value is -0.950. The van der Waals surface area contributed by atoms with Gasteiger partial charge in [-0.05, 0) is 37.5 Å². The predicted molar refractivity (Wildman–Crippen MR) is 73.2 cm³/mol. The summed E-state index contributed by atoms with van der Waals surface area (Å²) in [6, 6.07) is 5.26. The fraction of sp³-hybridized carbons (Fsp3) is 0.538. The van der Waals surface area contributed by atoms with E-state index >= 15 is 0 Å². The zero-order valence-electron chi connectivity index (χ0n) is 11.3. The summed E-state index contributed by atoms with van der Waals surface area (Å²) >= 11 is 0. The molecule has 3 N–H and O–H groups in total. The molecule has 106 valence electrons. The van der Waals surface area contributed by atoms with Crippen LogP contribution in [0.2, 0.25) is 0 Å². The Bertz CT molecular complexity index is 563. The molecule has 0 saturated carbocycles. The molecule has 6 heteroatoms. The Morgan fingerprint density at radius 3 is 2.79 bits per heavy atom. The molecule has 1 aliphatic heterocycles. The molecule has 1 fully saturated rings. The highest BCUT2D eigenvalue weighted by Crippen LogP contribution is 2.23. The Morgan fingerprint density at radius 1 is 1.47 bits per heavy atom. The van der Waals surface area contributed by atoms with E-state index in [1.807, 2.05) is 13.0 Å². The molecule has 1 aromatic rings. The quantitative estimate of drug-likeness (QED) is 0.861. The number of rotatable bonds is 4. The molecule has 1 atom stereocenters. The van der Waals surface area contributed by atoms with Gasteiger partial charge in [0.15, 0.2) is 0 Å². The van der Waals surface area contributed by atoms with Crippen molar-refractivity contribution in [2.75, 3.05) is 13.2 Å². The maximum Gasteiger partial charge on any atom is 0.241 e. The summed E-state index contributed by atoms with van der Waals surface area (Å²) in [4.78, 5) is 0.295. The minimum atomic E-state index is -3.55. The zero-order valence-corrected chi connectivity index (χ0v) is 12.1. The predicted octanol–water partition coefficient (Wildman–Crippen LogP) is 0.911. The summed E-state index contributed by atoms with van der Waals surface area (Å²) in [5.74, 6) is 0. The Balaban J connectivity index is 2.33. The summed E-state index contributed by atoms with van der Waals surface area (Å²) in [7, 11) is -3.55. The molecule has 0 aliphatic carbocycles. The van der Waals surface area contributed by atoms with Gasteiger partial charge >= 0.3 is 0 Å². The first kappa shape index (κ1) is 14.5. The van der Waals surface area contributed by atoms with Gasteiger partial charge in [0.25, 0.3) is 0 Å². The van der Waals surface area contributed by atoms with Gasteiger partial charge in [-0.2, -0.15) is 0 Å². The summed E-state index contributed by atoms with van der Waals surface area (Å²) < 4.78 is 33.0. The number of sulfonamides is 1. The monoisotopic (exact) mass is 284 g/mol. The summed E-state index contributed by atoms with van der Waals surface area (Å²) in [6.07, 6.45) is 0.682. The van der Waals surface area contributed by atoms with Crippen molar-refractivity contribution in [3.63, 3.8) is 0 Å². The van der Waals surface area contributed by atoms with E-state index in [1.54, 1.807) is 19.1 Å². The largest absolute Gasteiger partial charge is 0.379 e. The lowest BCUT2D eigenvalue weighted by molar-refractivity contribution is 0.178. The van der Waals surface area contributed by atoms with Gasteiger partial charge in [-0.3, -0.25) is 0 Å². The van der Waals surface area contributed by atoms with Crippen LogP contribution in [0.3, 0.4) is 0 Å². The number of aryl methyl sites for hydroxylation is 1. The fourth-order valence-electron chi connectivity index (χ4n) is 2.19. The average Bonchev–Trinajstić information content (AvgIpc) is 2.75. The van der Waals surface area contributed by atoms with Gasteiger partial charge < -0.3 is 10.5 Å². The fourth-order valence-corrected chi connectivity index (χ4v) is 3.91. The highest BCUT2D eigenvalue weighted by Gasteiger charge is 2.35. The van der Waals surface area contributed by atoms with Gasteiger partial charge in [-0.1, -0.05) is 12.1 Å². The SMILES string of the molecule is Cc1ccc(CN)cc1S(=O)(=O)NC1(C)CCOC1. The van der Waals surface area contributed by atoms with Gasteiger partial charge in [-0.25, -0.2) is 13.1 Å². The highest BCUT2D eigenvalue weighted by molar-refractivity contribution is 7.89. The first-order valence-corrected chi connectivity index (χ1v) is 7.76. The van der Waals surface area contributed by atoms with E-state index in [1.165, 1.54) is 0 Å². The molecule has 0 amide bonds. The van der Waals surface area contributed by atoms with Crippen LogP contribution >= 0.6 is 0 Å². The number of ether oxygens (including phenoxy) is 1. The summed E-state index contributed by atoms with van der Waals surface area (Å²) in [5, 5.41) is 0. The van der Waals surface area contributed by atoms with Crippen molar-refractivity contribution in [3.05, 3.63) is 29.3 Å². The Morgan fingerprint density at radius 2 is 2.21 bits per heavy atom. The molecule has 1 heterocycles. The number of benzene rings is 1. The van der Waals surface area contributed by atoms with Gasteiger partial charge in [0.2, 0.25) is 10.0 Å². The van der Waals surface area contributed by atoms with Crippen molar-refractivity contribution >= 4 is 10.0 Å². The second kappa shape index (κ2) is 5.20. The lowest BCUT2D eigenvalue weighted by Gasteiger charge is -2.24. The maximum atomic E-state index is 12.5. The van der Waals surface area contributed by atoms with Gasteiger partial charge in [0, 0.05) is 13.2 Å². The zero-order chi connectivity index (χ0) is 14.1. The van der Waals surface area contributed by atoms with Crippen LogP contribution in [0.4, 0.5) is 0 Å². The molecule has 1 aromatic carbocycles. The van der Waals surface area contributed by atoms with Crippen molar-refractivity contribution in [3.8, 4) is 0 Å². The standard InChI is InChI=1S/C13H20N2O3S/c1-10-3-4-11(8-14)7-12(10)19(16,17)15-13(2)5-6-18-9-13/h3-4,7,15H,5-6,8-9,14H2,1-2H3. The van der Waals surface area contributed by atoms with Crippen LogP contribution in [0.5, 0.6) is 0 Å². The third-order valence-electron chi connectivity index (χ3n) is 3.38. The molecule has 5 nitrogen and oxygen atoms in total. The van der Waals surface area contributed by atoms with E-state index in [9.17, 15) is 8.42 Å². The minimum absolute atomic E-state index is 0.295. The Kier molecular flexibility index (Phi) is 3.96. The van der Waals surface area contributed by atoms with Crippen LogP contribution in [0.25, 0.3) is 0 Å². The van der Waals surface area contributed by atoms with Crippen molar-refractivity contribution in [1.29, 1.82) is 0 Å². The first-order chi connectivity index (χ1) is 8.86. The molecule has 2 rings (SSSR count). The molecule has 0 aromatic heterocycles. The van der Waals surface area contributed by atoms with Crippen molar-refractivity contribution in [2.24, 2.45) is 5.73 Å². The number of nitrogens with one attached hydrogen (secondary N) is 1. The normalized spacial score (nSPS) is 23.7. The van der Waals surface area contributed by atoms with Crippen molar-refractivity contribution in [2.45, 2.75) is 37.2 Å². The van der Waals surface area contributed by atoms with Gasteiger partial charge in [0.1, 0.15) is 0 Å². The number of hydrogen-bond acceptors (Lipinski definition) is 4. The molecule has 1 aliphatic rings. The van der Waals surface area contributed by atoms with E-state index in [4.69, 9.17) is 10.5 Å². The van der Waals surface area contributed by atoms with Crippen LogP contribution in [0.1, 0.15) is 24.5 Å². The number of nitrogens with two attached hydrogens (primary N) is 1. The molecule has 1 saturated heterocycles. The molecular weight excluding hydrogens is 264 g/mol. The van der Waals surface area contributed by atoms with E-state index < -0.39 is 15.6 Å². The molecule has 0 spiro atoms. The maximum absolute atomic E-state index is 12.5. The van der Waals surface area contributed by atoms with Crippen LogP contribution < -0.4 is 10.5 Å². The van der Waals surface area contributed by atoms with Gasteiger partial charge in [-0.15, -0.1) is 0 Å². The third kappa shape index (κ3) is 3.14. The van der Waals surface area contributed by atoms with E-state index in [0.29, 0.717) is 36.6 Å². The van der Waals surface area contributed by atoms with Crippen LogP contribution in [0.15, 0.2) is 23.1 Å². The van der Waals surface area contributed by atoms with Gasteiger partial charge in [0.05, 0.1) is 17.0 Å². The number of hydrogen-bond donors (Lipinski definition) is 2. The third-order valence-corrected chi connectivity index (χ3v) is 5.16. The van der Waals surface area contributed by atoms with E-state index in [2.05, 4.69) is 4.72 Å². The topological polar surface area (TPSA) is 81.4 Å². The second-order valence-corrected chi connectivity index (χ2v) is 6.92. The second-order valence-electron chi connectivity index (χ2n) is 5.27. The van der Waals surface area contributed by atoms with Crippen molar-refractivity contribution in [1.82, 2.24) is 4.72 Å². The smallest absolute Gasteiger partial charge is 0.241 e. The molecule has 0 radical (unpaired) electrons. The average molecular weight is 284 g/mol. The summed E-state index contributed by atoms with van der Waals surface area (Å²) in [6.45, 7) is 4.95. The summed E-state index contributed by atoms with van der Waals surface area (Å²) in [5.41, 5.74) is 6.56. The lowest BCUT2D eigenvalue weighted by atomic mass is 10.0.